The van der Waals surface area contributed by atoms with Crippen LogP contribution < -0.4 is 10.7 Å². The smallest absolute Gasteiger partial charge is 0.287 e. The molecule has 1 heterocycles. The molecule has 0 bridgehead atoms. The zero-order valence-corrected chi connectivity index (χ0v) is 18.1. The van der Waals surface area contributed by atoms with Crippen LogP contribution in [0.15, 0.2) is 58.0 Å². The highest BCUT2D eigenvalue weighted by molar-refractivity contribution is 6.31. The van der Waals surface area contributed by atoms with Gasteiger partial charge in [-0.2, -0.15) is 5.10 Å². The van der Waals surface area contributed by atoms with Crippen LogP contribution in [0.25, 0.3) is 0 Å². The maximum Gasteiger partial charge on any atom is 0.287 e. The summed E-state index contributed by atoms with van der Waals surface area (Å²) in [6.45, 7) is 2.14. The first-order valence-electron chi connectivity index (χ1n) is 10.2. The second-order valence-electron chi connectivity index (χ2n) is 7.46. The summed E-state index contributed by atoms with van der Waals surface area (Å²) < 4.78 is 5.91. The topological polar surface area (TPSA) is 110 Å². The van der Waals surface area contributed by atoms with E-state index in [1.54, 1.807) is 18.2 Å². The number of halogens is 1. The average molecular weight is 453 g/mol. The van der Waals surface area contributed by atoms with Crippen molar-refractivity contribution >= 4 is 34.6 Å². The van der Waals surface area contributed by atoms with Crippen LogP contribution in [0.5, 0.6) is 0 Å². The number of hydrazone groups is 1. The Bertz CT molecular complexity index is 1200. The molecule has 1 aromatic heterocycles. The molecule has 0 atom stereocenters. The number of rotatable bonds is 6. The minimum atomic E-state index is -0.448. The lowest BCUT2D eigenvalue weighted by Crippen LogP contribution is -2.23. The highest BCUT2D eigenvalue weighted by Crippen LogP contribution is 2.30. The molecular formula is C23H21ClN4O4. The molecule has 1 aliphatic carbocycles. The lowest BCUT2D eigenvalue weighted by atomic mass is 9.93. The Morgan fingerprint density at radius 2 is 1.94 bits per heavy atom. The molecule has 8 nitrogen and oxygen atoms in total. The zero-order chi connectivity index (χ0) is 22.7. The Morgan fingerprint density at radius 1 is 1.19 bits per heavy atom. The Hall–Kier alpha value is -3.65. The van der Waals surface area contributed by atoms with Gasteiger partial charge in [0.1, 0.15) is 5.76 Å². The van der Waals surface area contributed by atoms with Crippen LogP contribution in [0.2, 0.25) is 5.02 Å². The van der Waals surface area contributed by atoms with Crippen molar-refractivity contribution in [1.29, 1.82) is 0 Å². The first-order chi connectivity index (χ1) is 15.4. The Balaban J connectivity index is 1.52. The van der Waals surface area contributed by atoms with Crippen molar-refractivity contribution < 1.29 is 14.1 Å². The highest BCUT2D eigenvalue weighted by Gasteiger charge is 2.28. The van der Waals surface area contributed by atoms with Crippen molar-refractivity contribution in [2.45, 2.75) is 32.7 Å². The van der Waals surface area contributed by atoms with Crippen molar-refractivity contribution in [3.05, 3.63) is 91.9 Å². The van der Waals surface area contributed by atoms with Crippen LogP contribution in [0.3, 0.4) is 0 Å². The van der Waals surface area contributed by atoms with E-state index in [0.29, 0.717) is 17.3 Å². The summed E-state index contributed by atoms with van der Waals surface area (Å²) >= 11 is 6.17. The van der Waals surface area contributed by atoms with Crippen molar-refractivity contribution in [1.82, 2.24) is 5.32 Å². The molecular weight excluding hydrogens is 432 g/mol. The molecule has 32 heavy (non-hydrogen) atoms. The molecule has 0 saturated heterocycles. The Labute approximate surface area is 189 Å². The molecule has 9 heteroatoms. The van der Waals surface area contributed by atoms with Gasteiger partial charge in [-0.15, -0.1) is 0 Å². The van der Waals surface area contributed by atoms with Gasteiger partial charge in [0.2, 0.25) is 0 Å². The number of hydrogen-bond acceptors (Lipinski definition) is 6. The number of carbonyl (C=O) groups is 1. The molecule has 0 aliphatic heterocycles. The third kappa shape index (κ3) is 4.50. The lowest BCUT2D eigenvalue weighted by molar-refractivity contribution is -0.384. The van der Waals surface area contributed by atoms with Gasteiger partial charge in [0.15, 0.2) is 5.76 Å². The van der Waals surface area contributed by atoms with Crippen LogP contribution in [0.1, 0.15) is 45.8 Å². The van der Waals surface area contributed by atoms with E-state index in [1.165, 1.54) is 12.1 Å². The molecule has 1 aliphatic rings. The van der Waals surface area contributed by atoms with Gasteiger partial charge in [-0.25, -0.2) is 0 Å². The van der Waals surface area contributed by atoms with Crippen LogP contribution in [0, 0.1) is 17.0 Å². The molecule has 0 unspecified atom stereocenters. The summed E-state index contributed by atoms with van der Waals surface area (Å²) in [7, 11) is 0. The fourth-order valence-electron chi connectivity index (χ4n) is 3.68. The first kappa shape index (κ1) is 21.6. The van der Waals surface area contributed by atoms with E-state index in [9.17, 15) is 14.9 Å². The van der Waals surface area contributed by atoms with E-state index in [0.717, 1.165) is 47.4 Å². The number of carbonyl (C=O) groups excluding carboxylic acids is 1. The SMILES string of the molecule is Cc1c(C(=O)NCc2ccccc2Cl)oc2c1/C(=N/Nc1ccc([N+](=O)[O-])cc1)CCC2. The number of non-ortho nitro benzene ring substituents is 1. The Kier molecular flexibility index (Phi) is 6.23. The summed E-state index contributed by atoms with van der Waals surface area (Å²) in [5.74, 6) is 0.701. The molecule has 2 N–H and O–H groups in total. The average Bonchev–Trinajstić information content (AvgIpc) is 3.14. The summed E-state index contributed by atoms with van der Waals surface area (Å²) in [5.41, 5.74) is 6.79. The van der Waals surface area contributed by atoms with Gasteiger partial charge < -0.3 is 9.73 Å². The van der Waals surface area contributed by atoms with Gasteiger partial charge >= 0.3 is 0 Å². The number of furan rings is 1. The molecule has 0 radical (unpaired) electrons. The van der Waals surface area contributed by atoms with Gasteiger partial charge in [0.25, 0.3) is 11.6 Å². The maximum absolute atomic E-state index is 12.8. The number of nitrogens with one attached hydrogen (secondary N) is 2. The second kappa shape index (κ2) is 9.23. The highest BCUT2D eigenvalue weighted by atomic mass is 35.5. The number of benzene rings is 2. The van der Waals surface area contributed by atoms with Crippen LogP contribution in [0.4, 0.5) is 11.4 Å². The summed E-state index contributed by atoms with van der Waals surface area (Å²) in [4.78, 5) is 23.1. The zero-order valence-electron chi connectivity index (χ0n) is 17.4. The standard InChI is InChI=1S/C23H21ClN4O4/c1-14-21-19(27-26-16-9-11-17(12-10-16)28(30)31)7-4-8-20(21)32-22(14)23(29)25-13-15-5-2-3-6-18(15)24/h2-3,5-6,9-12,26H,4,7-8,13H2,1H3,(H,25,29)/b27-19+. The van der Waals surface area contributed by atoms with Crippen molar-refractivity contribution in [2.24, 2.45) is 5.10 Å². The van der Waals surface area contributed by atoms with E-state index in [2.05, 4.69) is 15.8 Å². The van der Waals surface area contributed by atoms with Gasteiger partial charge in [-0.1, -0.05) is 29.8 Å². The van der Waals surface area contributed by atoms with E-state index in [4.69, 9.17) is 16.0 Å². The monoisotopic (exact) mass is 452 g/mol. The molecule has 0 spiro atoms. The molecule has 0 saturated carbocycles. The molecule has 0 fully saturated rings. The van der Waals surface area contributed by atoms with E-state index >= 15 is 0 Å². The van der Waals surface area contributed by atoms with Crippen molar-refractivity contribution in [3.8, 4) is 0 Å². The van der Waals surface area contributed by atoms with Gasteiger partial charge in [-0.05, 0) is 43.5 Å². The maximum atomic E-state index is 12.8. The van der Waals surface area contributed by atoms with E-state index in [1.807, 2.05) is 25.1 Å². The quantitative estimate of drug-likeness (QED) is 0.393. The Morgan fingerprint density at radius 3 is 2.66 bits per heavy atom. The number of nitro benzene ring substituents is 1. The number of nitrogens with zero attached hydrogens (tertiary/aromatic N) is 2. The number of fused-ring (bicyclic) bond motifs is 1. The van der Waals surface area contributed by atoms with Crippen LogP contribution in [-0.2, 0) is 13.0 Å². The summed E-state index contributed by atoms with van der Waals surface area (Å²) in [6.07, 6.45) is 2.31. The number of anilines is 1. The predicted molar refractivity (Wildman–Crippen MR) is 122 cm³/mol. The minimum Gasteiger partial charge on any atom is -0.455 e. The molecule has 4 rings (SSSR count). The minimum absolute atomic E-state index is 0.0151. The molecule has 2 aromatic carbocycles. The van der Waals surface area contributed by atoms with Crippen LogP contribution in [-0.4, -0.2) is 16.5 Å². The normalized spacial score (nSPS) is 14.1. The third-order valence-electron chi connectivity index (χ3n) is 5.33. The summed E-state index contributed by atoms with van der Waals surface area (Å²) in [6, 6.07) is 13.4. The molecule has 1 amide bonds. The largest absolute Gasteiger partial charge is 0.455 e. The number of amides is 1. The first-order valence-corrected chi connectivity index (χ1v) is 10.5. The number of hydrogen-bond donors (Lipinski definition) is 2. The van der Waals surface area contributed by atoms with Crippen LogP contribution >= 0.6 is 11.6 Å². The van der Waals surface area contributed by atoms with Gasteiger partial charge in [0.05, 0.1) is 16.3 Å². The second-order valence-corrected chi connectivity index (χ2v) is 7.86. The van der Waals surface area contributed by atoms with Gasteiger partial charge in [-0.3, -0.25) is 20.3 Å². The fourth-order valence-corrected chi connectivity index (χ4v) is 3.89. The van der Waals surface area contributed by atoms with Crippen molar-refractivity contribution in [3.63, 3.8) is 0 Å². The van der Waals surface area contributed by atoms with E-state index in [-0.39, 0.29) is 17.4 Å². The fraction of sp³-hybridized carbons (Fsp3) is 0.217. The number of aryl methyl sites for hydroxylation is 1. The molecule has 3 aromatic rings. The number of nitro groups is 1. The van der Waals surface area contributed by atoms with Crippen molar-refractivity contribution in [2.75, 3.05) is 5.43 Å². The summed E-state index contributed by atoms with van der Waals surface area (Å²) in [5, 5.41) is 18.8. The molecule has 164 valence electrons. The van der Waals surface area contributed by atoms with E-state index < -0.39 is 4.92 Å². The third-order valence-corrected chi connectivity index (χ3v) is 5.70. The lowest BCUT2D eigenvalue weighted by Gasteiger charge is -2.13. The predicted octanol–water partition coefficient (Wildman–Crippen LogP) is 5.23. The van der Waals surface area contributed by atoms with Gasteiger partial charge in [0, 0.05) is 41.2 Å².